The van der Waals surface area contributed by atoms with Crippen molar-refractivity contribution in [2.24, 2.45) is 11.8 Å². The first-order valence-electron chi connectivity index (χ1n) is 11.5. The minimum atomic E-state index is -3.94. The van der Waals surface area contributed by atoms with Crippen LogP contribution in [0.2, 0.25) is 5.02 Å². The molecule has 2 atom stereocenters. The SMILES string of the molecule is CC1(O)C2CC1CC(S(=O)(=O)c1cc(C(=O)Nc3ccc(F)c(F)c3)c(-c3ccccn3)cc1Cl)C2. The molecule has 3 saturated carbocycles. The van der Waals surface area contributed by atoms with Crippen LogP contribution in [0.15, 0.2) is 59.6 Å². The van der Waals surface area contributed by atoms with Crippen molar-refractivity contribution < 1.29 is 27.1 Å². The summed E-state index contributed by atoms with van der Waals surface area (Å²) in [6, 6.07) is 10.6. The Hall–Kier alpha value is -2.88. The molecule has 2 unspecified atom stereocenters. The second-order valence-electron chi connectivity index (χ2n) is 9.62. The van der Waals surface area contributed by atoms with Crippen molar-refractivity contribution in [3.63, 3.8) is 0 Å². The van der Waals surface area contributed by atoms with E-state index in [2.05, 4.69) is 10.3 Å². The number of nitrogens with one attached hydrogen (secondary N) is 1. The van der Waals surface area contributed by atoms with E-state index in [-0.39, 0.29) is 38.6 Å². The van der Waals surface area contributed by atoms with E-state index in [9.17, 15) is 27.1 Å². The summed E-state index contributed by atoms with van der Waals surface area (Å²) in [5.41, 5.74) is -0.231. The maximum Gasteiger partial charge on any atom is 0.256 e. The lowest BCUT2D eigenvalue weighted by molar-refractivity contribution is -0.162. The molecule has 2 bridgehead atoms. The van der Waals surface area contributed by atoms with Gasteiger partial charge in [0.1, 0.15) is 0 Å². The first-order chi connectivity index (χ1) is 17.0. The largest absolute Gasteiger partial charge is 0.390 e. The van der Waals surface area contributed by atoms with E-state index >= 15 is 0 Å². The maximum atomic E-state index is 13.7. The number of halogens is 3. The van der Waals surface area contributed by atoms with Gasteiger partial charge in [-0.2, -0.15) is 0 Å². The molecule has 0 aliphatic heterocycles. The Balaban J connectivity index is 1.56. The molecule has 2 aromatic carbocycles. The molecule has 0 spiro atoms. The van der Waals surface area contributed by atoms with E-state index in [0.717, 1.165) is 18.6 Å². The second kappa shape index (κ2) is 8.90. The van der Waals surface area contributed by atoms with Crippen LogP contribution >= 0.6 is 11.6 Å². The number of carbonyl (C=O) groups is 1. The molecule has 3 aliphatic rings. The molecular formula is C26H23ClF2N2O4S. The minimum absolute atomic E-state index is 0.000160. The predicted octanol–water partition coefficient (Wildman–Crippen LogP) is 5.26. The molecule has 10 heteroatoms. The van der Waals surface area contributed by atoms with Crippen LogP contribution in [-0.4, -0.2) is 35.3 Å². The quantitative estimate of drug-likeness (QED) is 0.467. The molecule has 1 heterocycles. The topological polar surface area (TPSA) is 96.4 Å². The van der Waals surface area contributed by atoms with Crippen LogP contribution in [0.25, 0.3) is 11.3 Å². The van der Waals surface area contributed by atoms with E-state index in [4.69, 9.17) is 11.6 Å². The molecule has 6 nitrogen and oxygen atoms in total. The Labute approximate surface area is 212 Å². The van der Waals surface area contributed by atoms with Crippen molar-refractivity contribution >= 4 is 33.0 Å². The van der Waals surface area contributed by atoms with Gasteiger partial charge in [0.25, 0.3) is 5.91 Å². The number of aromatic nitrogens is 1. The second-order valence-corrected chi connectivity index (χ2v) is 12.2. The fourth-order valence-electron chi connectivity index (χ4n) is 5.29. The highest BCUT2D eigenvalue weighted by molar-refractivity contribution is 7.92. The van der Waals surface area contributed by atoms with Crippen LogP contribution in [-0.2, 0) is 9.84 Å². The number of aliphatic hydroxyl groups is 1. The number of anilines is 1. The number of hydrogen-bond donors (Lipinski definition) is 2. The fourth-order valence-corrected chi connectivity index (χ4v) is 7.72. The smallest absolute Gasteiger partial charge is 0.256 e. The molecular weight excluding hydrogens is 510 g/mol. The summed E-state index contributed by atoms with van der Waals surface area (Å²) in [5, 5.41) is 12.2. The highest BCUT2D eigenvalue weighted by Crippen LogP contribution is 2.55. The molecule has 3 aliphatic carbocycles. The number of hydrogen-bond acceptors (Lipinski definition) is 5. The Morgan fingerprint density at radius 3 is 2.42 bits per heavy atom. The van der Waals surface area contributed by atoms with E-state index < -0.39 is 38.2 Å². The highest BCUT2D eigenvalue weighted by Gasteiger charge is 2.57. The van der Waals surface area contributed by atoms with Crippen LogP contribution in [0, 0.1) is 23.5 Å². The third kappa shape index (κ3) is 4.19. The Bertz CT molecular complexity index is 1450. The summed E-state index contributed by atoms with van der Waals surface area (Å²) < 4.78 is 54.3. The average Bonchev–Trinajstić information content (AvgIpc) is 2.86. The van der Waals surface area contributed by atoms with Crippen molar-refractivity contribution in [3.05, 3.63) is 76.9 Å². The zero-order valence-electron chi connectivity index (χ0n) is 19.2. The van der Waals surface area contributed by atoms with Gasteiger partial charge >= 0.3 is 0 Å². The lowest BCUT2D eigenvalue weighted by Gasteiger charge is -2.56. The molecule has 0 radical (unpaired) electrons. The monoisotopic (exact) mass is 532 g/mol. The van der Waals surface area contributed by atoms with Gasteiger partial charge in [-0.05, 0) is 74.4 Å². The average molecular weight is 533 g/mol. The van der Waals surface area contributed by atoms with Crippen molar-refractivity contribution in [1.29, 1.82) is 0 Å². The molecule has 0 saturated heterocycles. The van der Waals surface area contributed by atoms with E-state index in [1.54, 1.807) is 25.1 Å². The third-order valence-electron chi connectivity index (χ3n) is 7.50. The van der Waals surface area contributed by atoms with Gasteiger partial charge in [-0.15, -0.1) is 0 Å². The standard InChI is InChI=1S/C26H23ClF2N2O4S/c1-26(33)14-8-15(26)10-17(9-14)36(34,35)24-13-19(18(12-20(24)27)23-4-2-3-7-30-23)25(32)31-16-5-6-21(28)22(29)11-16/h2-7,11-15,17,33H,8-10H2,1H3,(H,31,32). The van der Waals surface area contributed by atoms with Gasteiger partial charge in [0.05, 0.1) is 32.0 Å². The Morgan fingerprint density at radius 2 is 1.81 bits per heavy atom. The lowest BCUT2D eigenvalue weighted by atomic mass is 9.54. The van der Waals surface area contributed by atoms with Gasteiger partial charge in [0.2, 0.25) is 0 Å². The number of amides is 1. The number of fused-ring (bicyclic) bond motifs is 2. The summed E-state index contributed by atoms with van der Waals surface area (Å²) in [6.45, 7) is 1.74. The van der Waals surface area contributed by atoms with Gasteiger partial charge in [0, 0.05) is 23.5 Å². The first kappa shape index (κ1) is 24.8. The predicted molar refractivity (Wildman–Crippen MR) is 131 cm³/mol. The summed E-state index contributed by atoms with van der Waals surface area (Å²) >= 11 is 6.48. The van der Waals surface area contributed by atoms with Crippen LogP contribution in [0.4, 0.5) is 14.5 Å². The molecule has 1 aromatic heterocycles. The minimum Gasteiger partial charge on any atom is -0.390 e. The van der Waals surface area contributed by atoms with Gasteiger partial charge in [-0.3, -0.25) is 9.78 Å². The molecule has 3 aromatic rings. The van der Waals surface area contributed by atoms with E-state index in [1.807, 2.05) is 0 Å². The van der Waals surface area contributed by atoms with E-state index in [1.165, 1.54) is 24.4 Å². The Kier molecular flexibility index (Phi) is 6.13. The third-order valence-corrected chi connectivity index (χ3v) is 10.1. The van der Waals surface area contributed by atoms with Gasteiger partial charge in [-0.1, -0.05) is 17.7 Å². The summed E-state index contributed by atoms with van der Waals surface area (Å²) in [4.78, 5) is 17.4. The fraction of sp³-hybridized carbons (Fsp3) is 0.308. The van der Waals surface area contributed by atoms with Crippen LogP contribution in [0.1, 0.15) is 36.5 Å². The lowest BCUT2D eigenvalue weighted by Crippen LogP contribution is -2.60. The van der Waals surface area contributed by atoms with Crippen molar-refractivity contribution in [3.8, 4) is 11.3 Å². The summed E-state index contributed by atoms with van der Waals surface area (Å²) in [5.74, 6) is -3.16. The number of nitrogens with zero attached hydrogens (tertiary/aromatic N) is 1. The van der Waals surface area contributed by atoms with Crippen molar-refractivity contribution in [2.75, 3.05) is 5.32 Å². The molecule has 1 amide bonds. The zero-order chi connectivity index (χ0) is 25.8. The number of pyridine rings is 1. The van der Waals surface area contributed by atoms with Crippen molar-refractivity contribution in [1.82, 2.24) is 4.98 Å². The first-order valence-corrected chi connectivity index (χ1v) is 13.4. The van der Waals surface area contributed by atoms with Crippen LogP contribution in [0.3, 0.4) is 0 Å². The van der Waals surface area contributed by atoms with Crippen molar-refractivity contribution in [2.45, 2.75) is 41.9 Å². The number of carbonyl (C=O) groups excluding carboxylic acids is 1. The maximum absolute atomic E-state index is 13.7. The number of sulfone groups is 1. The Morgan fingerprint density at radius 1 is 1.08 bits per heavy atom. The molecule has 3 fully saturated rings. The molecule has 6 rings (SSSR count). The van der Waals surface area contributed by atoms with E-state index in [0.29, 0.717) is 18.5 Å². The molecule has 36 heavy (non-hydrogen) atoms. The normalized spacial score (nSPS) is 25.2. The molecule has 188 valence electrons. The summed E-state index contributed by atoms with van der Waals surface area (Å²) in [7, 11) is -3.94. The zero-order valence-corrected chi connectivity index (χ0v) is 20.8. The van der Waals surface area contributed by atoms with Crippen LogP contribution < -0.4 is 5.32 Å². The van der Waals surface area contributed by atoms with Gasteiger partial charge < -0.3 is 10.4 Å². The van der Waals surface area contributed by atoms with Gasteiger partial charge in [0.15, 0.2) is 21.5 Å². The number of rotatable bonds is 5. The summed E-state index contributed by atoms with van der Waals surface area (Å²) in [6.07, 6.45) is 2.92. The highest BCUT2D eigenvalue weighted by atomic mass is 35.5. The van der Waals surface area contributed by atoms with Crippen LogP contribution in [0.5, 0.6) is 0 Å². The van der Waals surface area contributed by atoms with Gasteiger partial charge in [-0.25, -0.2) is 17.2 Å². The number of benzene rings is 2. The molecule has 2 N–H and O–H groups in total.